The average molecular weight is 648 g/mol. The molecule has 0 saturated carbocycles. The van der Waals surface area contributed by atoms with Crippen molar-refractivity contribution in [1.82, 2.24) is 25.5 Å². The van der Waals surface area contributed by atoms with Gasteiger partial charge in [-0.25, -0.2) is 9.59 Å². The lowest BCUT2D eigenvalue weighted by Gasteiger charge is -2.24. The van der Waals surface area contributed by atoms with Crippen molar-refractivity contribution in [3.63, 3.8) is 0 Å². The lowest BCUT2D eigenvalue weighted by atomic mass is 10.0. The fraction of sp³-hybridized carbons (Fsp3) is 0.581. The van der Waals surface area contributed by atoms with E-state index in [9.17, 15) is 39.3 Å². The fourth-order valence-electron chi connectivity index (χ4n) is 5.02. The Bertz CT molecular complexity index is 1370. The first-order chi connectivity index (χ1) is 22.1. The molecule has 0 aliphatic carbocycles. The Hall–Kier alpha value is -4.05. The fourth-order valence-corrected chi connectivity index (χ4v) is 5.02. The van der Waals surface area contributed by atoms with Crippen molar-refractivity contribution in [2.75, 3.05) is 19.7 Å². The van der Waals surface area contributed by atoms with Crippen molar-refractivity contribution >= 4 is 17.9 Å². The van der Waals surface area contributed by atoms with Gasteiger partial charge in [-0.3, -0.25) is 23.9 Å². The van der Waals surface area contributed by atoms with Gasteiger partial charge >= 0.3 is 11.8 Å². The van der Waals surface area contributed by atoms with Gasteiger partial charge in [0.25, 0.3) is 5.56 Å². The summed E-state index contributed by atoms with van der Waals surface area (Å²) in [4.78, 5) is 62.7. The average Bonchev–Trinajstić information content (AvgIpc) is 3.32. The number of aromatic amines is 1. The molecule has 1 aliphatic rings. The molecule has 3 rings (SSSR count). The number of hydrogen-bond donors (Lipinski definition) is 7. The van der Waals surface area contributed by atoms with Crippen molar-refractivity contribution < 1.29 is 39.2 Å². The summed E-state index contributed by atoms with van der Waals surface area (Å²) in [5, 5.41) is 39.0. The van der Waals surface area contributed by atoms with Crippen molar-refractivity contribution in [2.24, 2.45) is 0 Å². The van der Waals surface area contributed by atoms with Crippen LogP contribution in [0.3, 0.4) is 0 Å². The SMILES string of the molecule is CCCCCCCCCC(=O)NC(COC(=O)NCC(=O)NCC1OC(n2ccc(=O)[nH]c2=O)C(O)C1O)C(O)c1ccccc1. The van der Waals surface area contributed by atoms with Crippen LogP contribution in [0.4, 0.5) is 4.79 Å². The Morgan fingerprint density at radius 2 is 1.65 bits per heavy atom. The van der Waals surface area contributed by atoms with E-state index in [2.05, 4.69) is 22.9 Å². The Morgan fingerprint density at radius 1 is 0.957 bits per heavy atom. The zero-order valence-electron chi connectivity index (χ0n) is 25.9. The predicted octanol–water partition coefficient (Wildman–Crippen LogP) is 0.357. The largest absolute Gasteiger partial charge is 0.447 e. The summed E-state index contributed by atoms with van der Waals surface area (Å²) in [6.07, 6.45) is 1.25. The van der Waals surface area contributed by atoms with E-state index in [1.807, 2.05) is 4.98 Å². The maximum atomic E-state index is 12.6. The molecular weight excluding hydrogens is 602 g/mol. The van der Waals surface area contributed by atoms with Crippen molar-refractivity contribution in [1.29, 1.82) is 0 Å². The Kier molecular flexibility index (Phi) is 14.9. The number of carbonyl (C=O) groups is 3. The molecule has 1 saturated heterocycles. The van der Waals surface area contributed by atoms with E-state index in [4.69, 9.17) is 9.47 Å². The van der Waals surface area contributed by atoms with Gasteiger partial charge in [-0.1, -0.05) is 75.8 Å². The molecule has 2 heterocycles. The van der Waals surface area contributed by atoms with Crippen LogP contribution in [0, 0.1) is 0 Å². The highest BCUT2D eigenvalue weighted by molar-refractivity contribution is 5.82. The van der Waals surface area contributed by atoms with Gasteiger partial charge in [0, 0.05) is 25.2 Å². The summed E-state index contributed by atoms with van der Waals surface area (Å²) in [7, 11) is 0. The number of carbonyl (C=O) groups excluding carboxylic acids is 3. The number of nitrogens with one attached hydrogen (secondary N) is 4. The Labute approximate surface area is 266 Å². The molecule has 254 valence electrons. The summed E-state index contributed by atoms with van der Waals surface area (Å²) in [6, 6.07) is 8.76. The van der Waals surface area contributed by atoms with Gasteiger partial charge in [0.2, 0.25) is 11.8 Å². The van der Waals surface area contributed by atoms with Crippen LogP contribution < -0.4 is 27.2 Å². The number of ether oxygens (including phenoxy) is 2. The maximum Gasteiger partial charge on any atom is 0.407 e. The highest BCUT2D eigenvalue weighted by Gasteiger charge is 2.44. The van der Waals surface area contributed by atoms with Crippen LogP contribution in [0.25, 0.3) is 0 Å². The van der Waals surface area contributed by atoms with Gasteiger partial charge in [0.15, 0.2) is 6.23 Å². The normalized spacial score (nSPS) is 20.4. The number of nitrogens with zero attached hydrogens (tertiary/aromatic N) is 1. The summed E-state index contributed by atoms with van der Waals surface area (Å²) in [5.74, 6) is -0.943. The molecular formula is C31H45N5O10. The van der Waals surface area contributed by atoms with Crippen LogP contribution in [-0.4, -0.2) is 86.8 Å². The second-order valence-electron chi connectivity index (χ2n) is 11.2. The minimum absolute atomic E-state index is 0.265. The summed E-state index contributed by atoms with van der Waals surface area (Å²) < 4.78 is 11.7. The number of aliphatic hydroxyl groups excluding tert-OH is 3. The van der Waals surface area contributed by atoms with Crippen LogP contribution in [-0.2, 0) is 19.1 Å². The third-order valence-corrected chi connectivity index (χ3v) is 7.63. The summed E-state index contributed by atoms with van der Waals surface area (Å²) in [6.45, 7) is 1.02. The van der Waals surface area contributed by atoms with E-state index in [0.717, 1.165) is 36.1 Å². The highest BCUT2D eigenvalue weighted by atomic mass is 16.6. The lowest BCUT2D eigenvalue weighted by Crippen LogP contribution is -2.45. The first-order valence-corrected chi connectivity index (χ1v) is 15.6. The molecule has 0 bridgehead atoms. The smallest absolute Gasteiger partial charge is 0.407 e. The van der Waals surface area contributed by atoms with Crippen molar-refractivity contribution in [3.05, 3.63) is 69.0 Å². The summed E-state index contributed by atoms with van der Waals surface area (Å²) in [5.41, 5.74) is -0.959. The molecule has 46 heavy (non-hydrogen) atoms. The minimum Gasteiger partial charge on any atom is -0.447 e. The number of H-pyrrole nitrogens is 1. The molecule has 15 heteroatoms. The highest BCUT2D eigenvalue weighted by Crippen LogP contribution is 2.27. The third kappa shape index (κ3) is 11.4. The van der Waals surface area contributed by atoms with Gasteiger partial charge < -0.3 is 40.7 Å². The molecule has 3 amide bonds. The van der Waals surface area contributed by atoms with Crippen molar-refractivity contribution in [3.8, 4) is 0 Å². The number of aliphatic hydroxyl groups is 3. The van der Waals surface area contributed by atoms with Gasteiger partial charge in [-0.2, -0.15) is 0 Å². The molecule has 1 aromatic heterocycles. The molecule has 6 atom stereocenters. The second-order valence-corrected chi connectivity index (χ2v) is 11.2. The minimum atomic E-state index is -1.52. The van der Waals surface area contributed by atoms with Crippen LogP contribution >= 0.6 is 0 Å². The zero-order valence-corrected chi connectivity index (χ0v) is 25.9. The van der Waals surface area contributed by atoms with Gasteiger partial charge in [0.1, 0.15) is 31.0 Å². The number of alkyl carbamates (subject to hydrolysis) is 1. The molecule has 1 aromatic carbocycles. The number of rotatable bonds is 18. The van der Waals surface area contributed by atoms with E-state index in [0.29, 0.717) is 12.0 Å². The number of amides is 3. The standard InChI is InChI=1S/C31H45N5O10/c1-2-3-4-5-6-7-11-14-23(37)34-21(26(40)20-12-9-8-10-13-20)19-45-31(44)33-18-25(39)32-17-22-27(41)28(42)29(46-22)36-16-15-24(38)35-30(36)43/h8-10,12-13,15-16,21-22,26-29,40-42H,2-7,11,14,17-19H2,1H3,(H,32,39)(H,33,44)(H,34,37)(H,35,38,43). The molecule has 6 unspecified atom stereocenters. The van der Waals surface area contributed by atoms with E-state index in [-0.39, 0.29) is 25.5 Å². The number of benzene rings is 1. The molecule has 2 aromatic rings. The van der Waals surface area contributed by atoms with E-state index in [1.54, 1.807) is 30.3 Å². The number of aromatic nitrogens is 2. The van der Waals surface area contributed by atoms with E-state index < -0.39 is 66.5 Å². The Morgan fingerprint density at radius 3 is 2.35 bits per heavy atom. The van der Waals surface area contributed by atoms with Gasteiger partial charge in [-0.05, 0) is 12.0 Å². The van der Waals surface area contributed by atoms with E-state index >= 15 is 0 Å². The zero-order chi connectivity index (χ0) is 33.5. The molecule has 1 fully saturated rings. The van der Waals surface area contributed by atoms with Crippen LogP contribution in [0.15, 0.2) is 52.2 Å². The second kappa shape index (κ2) is 18.8. The van der Waals surface area contributed by atoms with E-state index in [1.165, 1.54) is 19.3 Å². The van der Waals surface area contributed by atoms with Gasteiger partial charge in [-0.15, -0.1) is 0 Å². The van der Waals surface area contributed by atoms with Crippen molar-refractivity contribution in [2.45, 2.75) is 95.0 Å². The van der Waals surface area contributed by atoms with Gasteiger partial charge in [0.05, 0.1) is 12.6 Å². The van der Waals surface area contributed by atoms with Crippen LogP contribution in [0.2, 0.25) is 0 Å². The summed E-state index contributed by atoms with van der Waals surface area (Å²) >= 11 is 0. The van der Waals surface area contributed by atoms with Crippen LogP contribution in [0.1, 0.15) is 76.2 Å². The monoisotopic (exact) mass is 647 g/mol. The molecule has 15 nitrogen and oxygen atoms in total. The molecule has 0 radical (unpaired) electrons. The van der Waals surface area contributed by atoms with Crippen LogP contribution in [0.5, 0.6) is 0 Å². The number of hydrogen-bond acceptors (Lipinski definition) is 10. The molecule has 7 N–H and O–H groups in total. The Balaban J connectivity index is 1.44. The predicted molar refractivity (Wildman–Crippen MR) is 166 cm³/mol. The lowest BCUT2D eigenvalue weighted by molar-refractivity contribution is -0.123. The topological polar surface area (TPSA) is 221 Å². The molecule has 0 spiro atoms. The first-order valence-electron chi connectivity index (χ1n) is 15.6. The third-order valence-electron chi connectivity index (χ3n) is 7.63. The molecule has 1 aliphatic heterocycles. The maximum absolute atomic E-state index is 12.6. The first kappa shape index (κ1) is 36.4. The number of unbranched alkanes of at least 4 members (excludes halogenated alkanes) is 6. The quantitative estimate of drug-likeness (QED) is 0.110.